The van der Waals surface area contributed by atoms with Crippen LogP contribution in [0, 0.1) is 5.92 Å². The van der Waals surface area contributed by atoms with Crippen LogP contribution in [-0.4, -0.2) is 26.0 Å². The minimum absolute atomic E-state index is 0.0825. The smallest absolute Gasteiger partial charge is 0.258 e. The van der Waals surface area contributed by atoms with Gasteiger partial charge in [0.15, 0.2) is 5.03 Å². The molecule has 0 aliphatic carbocycles. The molecule has 0 aliphatic rings. The summed E-state index contributed by atoms with van der Waals surface area (Å²) in [5.41, 5.74) is 0.976. The van der Waals surface area contributed by atoms with Gasteiger partial charge in [0, 0.05) is 18.8 Å². The van der Waals surface area contributed by atoms with Gasteiger partial charge in [-0.3, -0.25) is 0 Å². The number of hydrogen-bond acceptors (Lipinski definition) is 4. The first-order valence-corrected chi connectivity index (χ1v) is 9.01. The van der Waals surface area contributed by atoms with Gasteiger partial charge < -0.3 is 5.32 Å². The fraction of sp³-hybridized carbons (Fsp3) is 0.667. The second kappa shape index (κ2) is 8.46. The van der Waals surface area contributed by atoms with E-state index in [1.54, 1.807) is 18.3 Å². The molecule has 0 aromatic carbocycles. The normalized spacial score (nSPS) is 13.6. The Balaban J connectivity index is 2.65. The molecule has 1 atom stereocenters. The maximum atomic E-state index is 12.2. The Morgan fingerprint density at radius 1 is 1.19 bits per heavy atom. The Hall–Kier alpha value is -0.980. The summed E-state index contributed by atoms with van der Waals surface area (Å²) >= 11 is 0. The quantitative estimate of drug-likeness (QED) is 0.734. The number of nitrogens with zero attached hydrogens (tertiary/aromatic N) is 1. The van der Waals surface area contributed by atoms with E-state index < -0.39 is 10.0 Å². The number of nitrogens with one attached hydrogen (secondary N) is 2. The minimum atomic E-state index is -3.53. The molecule has 0 saturated heterocycles. The highest BCUT2D eigenvalue weighted by Crippen LogP contribution is 2.11. The van der Waals surface area contributed by atoms with E-state index in [0.29, 0.717) is 12.5 Å². The van der Waals surface area contributed by atoms with Crippen LogP contribution < -0.4 is 10.0 Å². The van der Waals surface area contributed by atoms with E-state index >= 15 is 0 Å². The molecule has 0 saturated carbocycles. The van der Waals surface area contributed by atoms with Gasteiger partial charge in [-0.05, 0) is 43.9 Å². The summed E-state index contributed by atoms with van der Waals surface area (Å²) in [6.45, 7) is 9.74. The van der Waals surface area contributed by atoms with Gasteiger partial charge >= 0.3 is 0 Å². The summed E-state index contributed by atoms with van der Waals surface area (Å²) in [7, 11) is -3.53. The first kappa shape index (κ1) is 18.1. The lowest BCUT2D eigenvalue weighted by molar-refractivity contribution is 0.484. The zero-order valence-electron chi connectivity index (χ0n) is 13.4. The van der Waals surface area contributed by atoms with Crippen molar-refractivity contribution in [2.75, 3.05) is 6.54 Å². The number of sulfonamides is 1. The largest absolute Gasteiger partial charge is 0.313 e. The zero-order valence-corrected chi connectivity index (χ0v) is 14.2. The molecule has 0 bridgehead atoms. The summed E-state index contributed by atoms with van der Waals surface area (Å²) in [5.74, 6) is 0.570. The zero-order chi connectivity index (χ0) is 15.9. The van der Waals surface area contributed by atoms with Gasteiger partial charge in [-0.1, -0.05) is 26.8 Å². The van der Waals surface area contributed by atoms with Crippen LogP contribution in [0.3, 0.4) is 0 Å². The van der Waals surface area contributed by atoms with Gasteiger partial charge in [-0.25, -0.2) is 18.1 Å². The lowest BCUT2D eigenvalue weighted by Gasteiger charge is -2.15. The van der Waals surface area contributed by atoms with Crippen LogP contribution in [0.25, 0.3) is 0 Å². The summed E-state index contributed by atoms with van der Waals surface area (Å²) in [4.78, 5) is 4.06. The van der Waals surface area contributed by atoms with E-state index in [-0.39, 0.29) is 11.1 Å². The minimum Gasteiger partial charge on any atom is -0.313 e. The van der Waals surface area contributed by atoms with Gasteiger partial charge in [0.05, 0.1) is 0 Å². The van der Waals surface area contributed by atoms with Crippen LogP contribution in [0.4, 0.5) is 0 Å². The van der Waals surface area contributed by atoms with Crippen LogP contribution in [0.5, 0.6) is 0 Å². The first-order chi connectivity index (χ1) is 9.85. The second-order valence-electron chi connectivity index (χ2n) is 5.78. The molecule has 5 nitrogen and oxygen atoms in total. The molecular weight excluding hydrogens is 286 g/mol. The maximum absolute atomic E-state index is 12.2. The molecule has 120 valence electrons. The molecular formula is C15H27N3O2S. The molecule has 21 heavy (non-hydrogen) atoms. The van der Waals surface area contributed by atoms with Gasteiger partial charge in [0.25, 0.3) is 10.0 Å². The predicted octanol–water partition coefficient (Wildman–Crippen LogP) is 2.29. The van der Waals surface area contributed by atoms with Crippen molar-refractivity contribution < 1.29 is 8.42 Å². The SMILES string of the molecule is CCNCc1ccc(S(=O)(=O)NC(C)CCC(C)C)nc1. The first-order valence-electron chi connectivity index (χ1n) is 7.53. The standard InChI is InChI=1S/C15H27N3O2S/c1-5-16-10-14-8-9-15(17-11-14)21(19,20)18-13(4)7-6-12(2)3/h8-9,11-13,16,18H,5-7,10H2,1-4H3. The molecule has 1 unspecified atom stereocenters. The predicted molar refractivity (Wildman–Crippen MR) is 85.5 cm³/mol. The number of rotatable bonds is 9. The van der Waals surface area contributed by atoms with Crippen molar-refractivity contribution in [3.8, 4) is 0 Å². The average Bonchev–Trinajstić information content (AvgIpc) is 2.43. The monoisotopic (exact) mass is 313 g/mol. The van der Waals surface area contributed by atoms with E-state index in [1.807, 2.05) is 13.8 Å². The molecule has 1 aromatic heterocycles. The van der Waals surface area contributed by atoms with Crippen molar-refractivity contribution in [2.45, 2.75) is 58.1 Å². The molecule has 2 N–H and O–H groups in total. The van der Waals surface area contributed by atoms with Crippen molar-refractivity contribution in [3.05, 3.63) is 23.9 Å². The molecule has 0 fully saturated rings. The van der Waals surface area contributed by atoms with Gasteiger partial charge in [-0.15, -0.1) is 0 Å². The number of pyridine rings is 1. The highest BCUT2D eigenvalue weighted by atomic mass is 32.2. The van der Waals surface area contributed by atoms with Crippen molar-refractivity contribution in [2.24, 2.45) is 5.92 Å². The average molecular weight is 313 g/mol. The van der Waals surface area contributed by atoms with Crippen molar-refractivity contribution in [1.29, 1.82) is 0 Å². The van der Waals surface area contributed by atoms with Crippen LogP contribution in [0.1, 0.15) is 46.1 Å². The summed E-state index contributed by atoms with van der Waals surface area (Å²) in [6, 6.07) is 3.27. The number of hydrogen-bond donors (Lipinski definition) is 2. The Labute approximate surface area is 128 Å². The van der Waals surface area contributed by atoms with E-state index in [9.17, 15) is 8.42 Å². The van der Waals surface area contributed by atoms with Crippen molar-refractivity contribution >= 4 is 10.0 Å². The Bertz CT molecular complexity index is 512. The van der Waals surface area contributed by atoms with E-state index in [0.717, 1.165) is 24.9 Å². The van der Waals surface area contributed by atoms with Crippen molar-refractivity contribution in [3.63, 3.8) is 0 Å². The molecule has 1 heterocycles. The van der Waals surface area contributed by atoms with Crippen LogP contribution in [-0.2, 0) is 16.6 Å². The topological polar surface area (TPSA) is 71.1 Å². The third-order valence-corrected chi connectivity index (χ3v) is 4.69. The number of aromatic nitrogens is 1. The van der Waals surface area contributed by atoms with E-state index in [2.05, 4.69) is 28.9 Å². The van der Waals surface area contributed by atoms with Crippen LogP contribution in [0.2, 0.25) is 0 Å². The fourth-order valence-electron chi connectivity index (χ4n) is 1.91. The lowest BCUT2D eigenvalue weighted by atomic mass is 10.1. The van der Waals surface area contributed by atoms with Gasteiger partial charge in [0.1, 0.15) is 0 Å². The molecule has 0 amide bonds. The molecule has 0 spiro atoms. The third-order valence-electron chi connectivity index (χ3n) is 3.19. The van der Waals surface area contributed by atoms with Crippen molar-refractivity contribution in [1.82, 2.24) is 15.0 Å². The molecule has 6 heteroatoms. The maximum Gasteiger partial charge on any atom is 0.258 e. The van der Waals surface area contributed by atoms with Crippen LogP contribution >= 0.6 is 0 Å². The van der Waals surface area contributed by atoms with Gasteiger partial charge in [-0.2, -0.15) is 0 Å². The highest BCUT2D eigenvalue weighted by molar-refractivity contribution is 7.89. The summed E-state index contributed by atoms with van der Waals surface area (Å²) in [5, 5.41) is 3.26. The molecule has 0 radical (unpaired) electrons. The van der Waals surface area contributed by atoms with E-state index in [4.69, 9.17) is 0 Å². The Kier molecular flexibility index (Phi) is 7.28. The lowest BCUT2D eigenvalue weighted by Crippen LogP contribution is -2.33. The third kappa shape index (κ3) is 6.54. The summed E-state index contributed by atoms with van der Waals surface area (Å²) < 4.78 is 27.1. The Morgan fingerprint density at radius 2 is 1.90 bits per heavy atom. The summed E-state index contributed by atoms with van der Waals surface area (Å²) in [6.07, 6.45) is 3.43. The highest BCUT2D eigenvalue weighted by Gasteiger charge is 2.18. The fourth-order valence-corrected chi connectivity index (χ4v) is 3.12. The van der Waals surface area contributed by atoms with Gasteiger partial charge in [0.2, 0.25) is 0 Å². The molecule has 0 aliphatic heterocycles. The molecule has 1 aromatic rings. The van der Waals surface area contributed by atoms with E-state index in [1.165, 1.54) is 0 Å². The molecule has 1 rings (SSSR count). The Morgan fingerprint density at radius 3 is 2.43 bits per heavy atom. The second-order valence-corrected chi connectivity index (χ2v) is 7.44. The van der Waals surface area contributed by atoms with Crippen LogP contribution in [0.15, 0.2) is 23.4 Å².